The van der Waals surface area contributed by atoms with Crippen molar-refractivity contribution in [3.05, 3.63) is 41.7 Å². The number of allylic oxidation sites excluding steroid dienone is 1. The van der Waals surface area contributed by atoms with E-state index in [0.29, 0.717) is 5.57 Å². The van der Waals surface area contributed by atoms with Gasteiger partial charge in [0.25, 0.3) is 5.91 Å². The second-order valence-electron chi connectivity index (χ2n) is 3.03. The highest BCUT2D eigenvalue weighted by molar-refractivity contribution is 6.03. The smallest absolute Gasteiger partial charge is 0.254 e. The van der Waals surface area contributed by atoms with Crippen LogP contribution in [0.3, 0.4) is 0 Å². The van der Waals surface area contributed by atoms with Crippen LogP contribution in [0.1, 0.15) is 55.4 Å². The van der Waals surface area contributed by atoms with Gasteiger partial charge in [0.05, 0.1) is 11.3 Å². The third kappa shape index (κ3) is 11.3. The molecule has 2 N–H and O–H groups in total. The number of rotatable bonds is 2. The van der Waals surface area contributed by atoms with Crippen LogP contribution in [0.15, 0.2) is 41.7 Å². The molecule has 1 aromatic rings. The van der Waals surface area contributed by atoms with E-state index < -0.39 is 0 Å². The van der Waals surface area contributed by atoms with Gasteiger partial charge >= 0.3 is 0 Å². The fourth-order valence-electron chi connectivity index (χ4n) is 0.911. The summed E-state index contributed by atoms with van der Waals surface area (Å²) >= 11 is 0. The average Bonchev–Trinajstić information content (AvgIpc) is 2.53. The molecule has 0 aromatic heterocycles. The zero-order valence-corrected chi connectivity index (χ0v) is 14.2. The lowest BCUT2D eigenvalue weighted by molar-refractivity contribution is -0.113. The van der Waals surface area contributed by atoms with Crippen LogP contribution in [-0.2, 0) is 4.79 Å². The summed E-state index contributed by atoms with van der Waals surface area (Å²) in [5, 5.41) is 11.8. The zero-order chi connectivity index (χ0) is 16.6. The Labute approximate surface area is 124 Å². The van der Waals surface area contributed by atoms with E-state index in [-0.39, 0.29) is 11.7 Å². The number of hydrogen-bond donors (Lipinski definition) is 2. The highest BCUT2D eigenvalue weighted by atomic mass is 16.3. The van der Waals surface area contributed by atoms with E-state index in [0.717, 1.165) is 5.69 Å². The van der Waals surface area contributed by atoms with Crippen LogP contribution in [0.25, 0.3) is 0 Å². The number of benzene rings is 1. The van der Waals surface area contributed by atoms with E-state index in [1.807, 2.05) is 59.7 Å². The number of nitrogens with one attached hydrogen (secondary N) is 1. The van der Waals surface area contributed by atoms with Gasteiger partial charge in [-0.05, 0) is 26.0 Å². The van der Waals surface area contributed by atoms with E-state index in [1.54, 1.807) is 19.1 Å². The Morgan fingerprint density at radius 1 is 0.900 bits per heavy atom. The molecule has 0 aliphatic rings. The third-order valence-electron chi connectivity index (χ3n) is 1.91. The maximum atomic E-state index is 11.4. The monoisotopic (exact) mass is 281 g/mol. The number of amides is 1. The lowest BCUT2D eigenvalue weighted by Crippen LogP contribution is -2.13. The molecule has 0 saturated heterocycles. The Bertz CT molecular complexity index is 353. The minimum Gasteiger partial charge on any atom is -0.512 e. The number of aliphatic hydroxyl groups excluding tert-OH is 1. The summed E-state index contributed by atoms with van der Waals surface area (Å²) < 4.78 is 0. The maximum absolute atomic E-state index is 11.4. The van der Waals surface area contributed by atoms with Crippen LogP contribution in [0, 0.1) is 0 Å². The average molecular weight is 281 g/mol. The summed E-state index contributed by atoms with van der Waals surface area (Å²) in [4.78, 5) is 11.4. The molecule has 0 unspecified atom stereocenters. The van der Waals surface area contributed by atoms with E-state index in [4.69, 9.17) is 5.11 Å². The van der Waals surface area contributed by atoms with Gasteiger partial charge in [-0.2, -0.15) is 0 Å². The Morgan fingerprint density at radius 2 is 1.30 bits per heavy atom. The molecule has 0 aliphatic carbocycles. The largest absolute Gasteiger partial charge is 0.512 e. The fourth-order valence-corrected chi connectivity index (χ4v) is 0.911. The summed E-state index contributed by atoms with van der Waals surface area (Å²) in [5.41, 5.74) is 1.05. The zero-order valence-electron chi connectivity index (χ0n) is 14.2. The van der Waals surface area contributed by atoms with Crippen molar-refractivity contribution in [1.29, 1.82) is 0 Å². The molecule has 20 heavy (non-hydrogen) atoms. The van der Waals surface area contributed by atoms with Crippen LogP contribution in [-0.4, -0.2) is 11.0 Å². The Hall–Kier alpha value is -1.77. The minimum atomic E-state index is -0.281. The lowest BCUT2D eigenvalue weighted by Gasteiger charge is -2.05. The molecule has 0 fully saturated rings. The van der Waals surface area contributed by atoms with Gasteiger partial charge in [0, 0.05) is 5.69 Å². The molecule has 3 nitrogen and oxygen atoms in total. The Balaban J connectivity index is -0.000000425. The fraction of sp³-hybridized carbons (Fsp3) is 0.471. The molecular formula is C17H31NO2. The summed E-state index contributed by atoms with van der Waals surface area (Å²) in [6, 6.07) is 9.12. The number of aliphatic hydroxyl groups is 1. The number of para-hydroxylation sites is 1. The number of carbonyl (C=O) groups is 1. The number of carbonyl (C=O) groups excluding carboxylic acids is 1. The first-order valence-electron chi connectivity index (χ1n) is 7.34. The van der Waals surface area contributed by atoms with Gasteiger partial charge in [0.1, 0.15) is 0 Å². The third-order valence-corrected chi connectivity index (χ3v) is 1.91. The first-order chi connectivity index (χ1) is 9.61. The van der Waals surface area contributed by atoms with E-state index >= 15 is 0 Å². The van der Waals surface area contributed by atoms with Gasteiger partial charge in [-0.3, -0.25) is 4.79 Å². The standard InChI is InChI=1S/C11H13NO2.3C2H6/c1-8(9(2)13)11(14)12-10-6-4-3-5-7-10;3*1-2/h3-7,13H,1-2H3,(H,12,14);3*1-2H3/b9-8+;;;. The molecule has 0 atom stereocenters. The number of hydrogen-bond acceptors (Lipinski definition) is 2. The lowest BCUT2D eigenvalue weighted by atomic mass is 10.2. The van der Waals surface area contributed by atoms with E-state index in [2.05, 4.69) is 5.32 Å². The molecule has 0 heterocycles. The molecule has 3 heteroatoms. The van der Waals surface area contributed by atoms with E-state index in [1.165, 1.54) is 6.92 Å². The predicted molar refractivity (Wildman–Crippen MR) is 90.1 cm³/mol. The van der Waals surface area contributed by atoms with Crippen LogP contribution >= 0.6 is 0 Å². The Morgan fingerprint density at radius 3 is 1.65 bits per heavy atom. The van der Waals surface area contributed by atoms with Crippen LogP contribution < -0.4 is 5.32 Å². The topological polar surface area (TPSA) is 49.3 Å². The minimum absolute atomic E-state index is 0.0402. The highest BCUT2D eigenvalue weighted by Crippen LogP contribution is 2.08. The molecule has 1 aromatic carbocycles. The predicted octanol–water partition coefficient (Wildman–Crippen LogP) is 5.56. The van der Waals surface area contributed by atoms with Crippen molar-refractivity contribution in [3.63, 3.8) is 0 Å². The summed E-state index contributed by atoms with van der Waals surface area (Å²) in [6.07, 6.45) is 0. The molecule has 0 saturated carbocycles. The summed E-state index contributed by atoms with van der Waals surface area (Å²) in [5.74, 6) is -0.241. The van der Waals surface area contributed by atoms with Crippen molar-refractivity contribution >= 4 is 11.6 Å². The van der Waals surface area contributed by atoms with Crippen molar-refractivity contribution in [1.82, 2.24) is 0 Å². The normalized spacial score (nSPS) is 9.20. The van der Waals surface area contributed by atoms with Crippen LogP contribution in [0.2, 0.25) is 0 Å². The molecular weight excluding hydrogens is 250 g/mol. The van der Waals surface area contributed by atoms with E-state index in [9.17, 15) is 4.79 Å². The highest BCUT2D eigenvalue weighted by Gasteiger charge is 2.06. The van der Waals surface area contributed by atoms with Crippen LogP contribution in [0.5, 0.6) is 0 Å². The van der Waals surface area contributed by atoms with Crippen molar-refractivity contribution in [2.24, 2.45) is 0 Å². The van der Waals surface area contributed by atoms with Gasteiger partial charge in [0.2, 0.25) is 0 Å². The summed E-state index contributed by atoms with van der Waals surface area (Å²) in [6.45, 7) is 15.1. The first kappa shape index (κ1) is 23.3. The Kier molecular flexibility index (Phi) is 20.1. The summed E-state index contributed by atoms with van der Waals surface area (Å²) in [7, 11) is 0. The molecule has 0 bridgehead atoms. The van der Waals surface area contributed by atoms with Gasteiger partial charge in [-0.25, -0.2) is 0 Å². The molecule has 0 radical (unpaired) electrons. The van der Waals surface area contributed by atoms with Gasteiger partial charge in [-0.1, -0.05) is 59.7 Å². The first-order valence-corrected chi connectivity index (χ1v) is 7.34. The van der Waals surface area contributed by atoms with Gasteiger partial charge in [0.15, 0.2) is 0 Å². The second kappa shape index (κ2) is 17.2. The SMILES string of the molecule is C/C(O)=C(/C)C(=O)Nc1ccccc1.CC.CC.CC. The van der Waals surface area contributed by atoms with Crippen LogP contribution in [0.4, 0.5) is 5.69 Å². The van der Waals surface area contributed by atoms with Crippen molar-refractivity contribution < 1.29 is 9.90 Å². The van der Waals surface area contributed by atoms with Crippen molar-refractivity contribution in [3.8, 4) is 0 Å². The van der Waals surface area contributed by atoms with Gasteiger partial charge < -0.3 is 10.4 Å². The maximum Gasteiger partial charge on any atom is 0.254 e. The van der Waals surface area contributed by atoms with Gasteiger partial charge in [-0.15, -0.1) is 0 Å². The van der Waals surface area contributed by atoms with Crippen molar-refractivity contribution in [2.75, 3.05) is 5.32 Å². The molecule has 116 valence electrons. The molecule has 0 spiro atoms. The second-order valence-corrected chi connectivity index (χ2v) is 3.03. The number of anilines is 1. The quantitative estimate of drug-likeness (QED) is 0.551. The molecule has 0 aliphatic heterocycles. The molecule has 1 rings (SSSR count). The molecule has 1 amide bonds. The van der Waals surface area contributed by atoms with Crippen molar-refractivity contribution in [2.45, 2.75) is 55.4 Å².